The van der Waals surface area contributed by atoms with E-state index in [4.69, 9.17) is 4.42 Å². The quantitative estimate of drug-likeness (QED) is 0.732. The Balaban J connectivity index is 3.04. The van der Waals surface area contributed by atoms with E-state index >= 15 is 0 Å². The molecule has 0 amide bonds. The summed E-state index contributed by atoms with van der Waals surface area (Å²) in [5, 5.41) is 0. The van der Waals surface area contributed by atoms with Gasteiger partial charge in [-0.15, -0.1) is 0 Å². The average Bonchev–Trinajstić information content (AvgIpc) is 2.45. The third-order valence-electron chi connectivity index (χ3n) is 1.37. The first kappa shape index (κ1) is 9.25. The SMILES string of the molecule is CCc1oc(Br)nc1C(=O)OC. The number of esters is 1. The van der Waals surface area contributed by atoms with Crippen molar-refractivity contribution in [2.45, 2.75) is 13.3 Å². The van der Waals surface area contributed by atoms with Gasteiger partial charge in [0.15, 0.2) is 5.69 Å². The molecule has 0 spiro atoms. The van der Waals surface area contributed by atoms with Gasteiger partial charge in [-0.2, -0.15) is 4.98 Å². The minimum absolute atomic E-state index is 0.242. The van der Waals surface area contributed by atoms with Crippen molar-refractivity contribution in [3.05, 3.63) is 16.3 Å². The van der Waals surface area contributed by atoms with Crippen LogP contribution < -0.4 is 0 Å². The molecular formula is C7H8BrNO3. The third-order valence-corrected chi connectivity index (χ3v) is 1.71. The number of aryl methyl sites for hydroxylation is 1. The molecule has 0 unspecified atom stereocenters. The molecular weight excluding hydrogens is 226 g/mol. The summed E-state index contributed by atoms with van der Waals surface area (Å²) in [7, 11) is 1.31. The van der Waals surface area contributed by atoms with Crippen molar-refractivity contribution in [3.8, 4) is 0 Å². The smallest absolute Gasteiger partial charge is 0.360 e. The van der Waals surface area contributed by atoms with Crippen molar-refractivity contribution in [1.82, 2.24) is 4.98 Å². The molecule has 0 fully saturated rings. The Bertz CT molecular complexity index is 295. The van der Waals surface area contributed by atoms with Crippen molar-refractivity contribution in [1.29, 1.82) is 0 Å². The van der Waals surface area contributed by atoms with Crippen molar-refractivity contribution in [3.63, 3.8) is 0 Å². The molecule has 0 aliphatic carbocycles. The van der Waals surface area contributed by atoms with Crippen LogP contribution in [0.1, 0.15) is 23.2 Å². The number of methoxy groups -OCH3 is 1. The minimum Gasteiger partial charge on any atom is -0.464 e. The fraction of sp³-hybridized carbons (Fsp3) is 0.429. The summed E-state index contributed by atoms with van der Waals surface area (Å²) < 4.78 is 9.60. The first-order valence-corrected chi connectivity index (χ1v) is 4.21. The van der Waals surface area contributed by atoms with Crippen LogP contribution in [0.5, 0.6) is 0 Å². The lowest BCUT2D eigenvalue weighted by Gasteiger charge is -1.94. The van der Waals surface area contributed by atoms with Gasteiger partial charge in [0.1, 0.15) is 5.76 Å². The maximum Gasteiger partial charge on any atom is 0.360 e. The fourth-order valence-corrected chi connectivity index (χ4v) is 1.19. The summed E-state index contributed by atoms with van der Waals surface area (Å²) >= 11 is 3.04. The van der Waals surface area contributed by atoms with Crippen molar-refractivity contribution in [2.75, 3.05) is 7.11 Å². The van der Waals surface area contributed by atoms with Crippen LogP contribution in [0, 0.1) is 0 Å². The van der Waals surface area contributed by atoms with Gasteiger partial charge in [-0.3, -0.25) is 0 Å². The molecule has 0 saturated carbocycles. The summed E-state index contributed by atoms with van der Waals surface area (Å²) in [5.74, 6) is 0.0648. The maximum atomic E-state index is 11.0. The highest BCUT2D eigenvalue weighted by atomic mass is 79.9. The van der Waals surface area contributed by atoms with Crippen LogP contribution in [0.2, 0.25) is 0 Å². The number of nitrogens with zero attached hydrogens (tertiary/aromatic N) is 1. The fourth-order valence-electron chi connectivity index (χ4n) is 0.819. The first-order valence-electron chi connectivity index (χ1n) is 3.42. The zero-order valence-corrected chi connectivity index (χ0v) is 8.34. The molecule has 4 nitrogen and oxygen atoms in total. The molecule has 0 aliphatic rings. The van der Waals surface area contributed by atoms with Crippen LogP contribution in [0.4, 0.5) is 0 Å². The monoisotopic (exact) mass is 233 g/mol. The lowest BCUT2D eigenvalue weighted by molar-refractivity contribution is 0.0592. The highest BCUT2D eigenvalue weighted by Gasteiger charge is 2.17. The Morgan fingerprint density at radius 2 is 2.42 bits per heavy atom. The molecule has 0 radical (unpaired) electrons. The van der Waals surface area contributed by atoms with Crippen molar-refractivity contribution in [2.24, 2.45) is 0 Å². The van der Waals surface area contributed by atoms with Gasteiger partial charge in [0, 0.05) is 22.4 Å². The minimum atomic E-state index is -0.471. The van der Waals surface area contributed by atoms with Crippen LogP contribution in [-0.2, 0) is 11.2 Å². The molecule has 66 valence electrons. The van der Waals surface area contributed by atoms with Crippen LogP contribution >= 0.6 is 15.9 Å². The van der Waals surface area contributed by atoms with Crippen LogP contribution in [0.25, 0.3) is 0 Å². The summed E-state index contributed by atoms with van der Waals surface area (Å²) in [6, 6.07) is 0. The third kappa shape index (κ3) is 1.66. The second kappa shape index (κ2) is 3.71. The molecule has 12 heavy (non-hydrogen) atoms. The highest BCUT2D eigenvalue weighted by molar-refractivity contribution is 9.10. The van der Waals surface area contributed by atoms with E-state index < -0.39 is 5.97 Å². The number of rotatable bonds is 2. The number of carbonyl (C=O) groups is 1. The number of halogens is 1. The standard InChI is InChI=1S/C7H8BrNO3/c1-3-4-5(6(10)11-2)9-7(8)12-4/h3H2,1-2H3. The van der Waals surface area contributed by atoms with Gasteiger partial charge in [0.25, 0.3) is 4.80 Å². The predicted molar refractivity (Wildman–Crippen MR) is 44.9 cm³/mol. The Hall–Kier alpha value is -0.840. The van der Waals surface area contributed by atoms with E-state index in [1.165, 1.54) is 7.11 Å². The van der Waals surface area contributed by atoms with Crippen LogP contribution in [0.3, 0.4) is 0 Å². The molecule has 0 aromatic carbocycles. The molecule has 0 bridgehead atoms. The Morgan fingerprint density at radius 3 is 2.92 bits per heavy atom. The van der Waals surface area contributed by atoms with E-state index in [-0.39, 0.29) is 5.69 Å². The second-order valence-electron chi connectivity index (χ2n) is 2.08. The van der Waals surface area contributed by atoms with E-state index in [2.05, 4.69) is 25.7 Å². The summed E-state index contributed by atoms with van der Waals surface area (Å²) in [6.45, 7) is 1.87. The average molecular weight is 234 g/mol. The van der Waals surface area contributed by atoms with E-state index in [1.54, 1.807) is 0 Å². The molecule has 1 heterocycles. The number of hydrogen-bond acceptors (Lipinski definition) is 4. The molecule has 1 aromatic rings. The van der Waals surface area contributed by atoms with E-state index in [0.717, 1.165) is 0 Å². The van der Waals surface area contributed by atoms with Crippen LogP contribution in [-0.4, -0.2) is 18.1 Å². The number of aromatic nitrogens is 1. The van der Waals surface area contributed by atoms with Gasteiger partial charge in [-0.1, -0.05) is 6.92 Å². The molecule has 0 aliphatic heterocycles. The molecule has 0 N–H and O–H groups in total. The van der Waals surface area contributed by atoms with Gasteiger partial charge >= 0.3 is 5.97 Å². The number of carbonyl (C=O) groups excluding carboxylic acids is 1. The highest BCUT2D eigenvalue weighted by Crippen LogP contribution is 2.16. The summed E-state index contributed by atoms with van der Waals surface area (Å²) in [4.78, 5) is 15.2. The molecule has 1 rings (SSSR count). The molecule has 5 heteroatoms. The summed E-state index contributed by atoms with van der Waals surface area (Å²) in [5.41, 5.74) is 0.242. The lowest BCUT2D eigenvalue weighted by atomic mass is 10.3. The van der Waals surface area contributed by atoms with Crippen molar-refractivity contribution < 1.29 is 13.9 Å². The molecule has 1 aromatic heterocycles. The van der Waals surface area contributed by atoms with E-state index in [9.17, 15) is 4.79 Å². The largest absolute Gasteiger partial charge is 0.464 e. The van der Waals surface area contributed by atoms with Gasteiger partial charge in [-0.25, -0.2) is 4.79 Å². The second-order valence-corrected chi connectivity index (χ2v) is 2.76. The topological polar surface area (TPSA) is 52.3 Å². The first-order chi connectivity index (χ1) is 5.69. The van der Waals surface area contributed by atoms with Crippen LogP contribution in [0.15, 0.2) is 9.22 Å². The maximum absolute atomic E-state index is 11.0. The van der Waals surface area contributed by atoms with Crippen molar-refractivity contribution >= 4 is 21.9 Å². The molecule has 0 saturated heterocycles. The zero-order chi connectivity index (χ0) is 9.14. The Kier molecular flexibility index (Phi) is 2.86. The Labute approximate surface area is 78.0 Å². The van der Waals surface area contributed by atoms with Gasteiger partial charge in [0.2, 0.25) is 0 Å². The number of oxazole rings is 1. The predicted octanol–water partition coefficient (Wildman–Crippen LogP) is 1.79. The lowest BCUT2D eigenvalue weighted by Crippen LogP contribution is -2.04. The Morgan fingerprint density at radius 1 is 1.75 bits per heavy atom. The van der Waals surface area contributed by atoms with Gasteiger partial charge in [-0.05, 0) is 0 Å². The van der Waals surface area contributed by atoms with E-state index in [0.29, 0.717) is 17.0 Å². The zero-order valence-electron chi connectivity index (χ0n) is 6.76. The normalized spacial score (nSPS) is 9.92. The summed E-state index contributed by atoms with van der Waals surface area (Å²) in [6.07, 6.45) is 0.614. The van der Waals surface area contributed by atoms with Gasteiger partial charge in [0.05, 0.1) is 7.11 Å². The van der Waals surface area contributed by atoms with E-state index in [1.807, 2.05) is 6.92 Å². The number of hydrogen-bond donors (Lipinski definition) is 0. The number of ether oxygens (including phenoxy) is 1. The van der Waals surface area contributed by atoms with Gasteiger partial charge < -0.3 is 9.15 Å². The molecule has 0 atom stereocenters.